The minimum Gasteiger partial charge on any atom is -0.336 e. The Labute approximate surface area is 124 Å². The largest absolute Gasteiger partial charge is 0.336 e. The molecule has 0 N–H and O–H groups in total. The van der Waals surface area contributed by atoms with Crippen LogP contribution in [0, 0.1) is 6.92 Å². The predicted molar refractivity (Wildman–Crippen MR) is 82.5 cm³/mol. The molecule has 19 heavy (non-hydrogen) atoms. The van der Waals surface area contributed by atoms with Crippen molar-refractivity contribution in [1.29, 1.82) is 0 Å². The Morgan fingerprint density at radius 3 is 2.79 bits per heavy atom. The van der Waals surface area contributed by atoms with Crippen LogP contribution in [-0.4, -0.2) is 23.4 Å². The third kappa shape index (κ3) is 3.59. The lowest BCUT2D eigenvalue weighted by atomic mass is 10.1. The van der Waals surface area contributed by atoms with Crippen LogP contribution in [0.1, 0.15) is 54.9 Å². The third-order valence-corrected chi connectivity index (χ3v) is 4.36. The first-order valence-corrected chi connectivity index (χ1v) is 7.99. The molecule has 0 radical (unpaired) electrons. The van der Waals surface area contributed by atoms with Crippen molar-refractivity contribution in [3.8, 4) is 0 Å². The fourth-order valence-electron chi connectivity index (χ4n) is 2.89. The maximum atomic E-state index is 12.7. The number of hydrogen-bond donors (Lipinski definition) is 0. The predicted octanol–water partition coefficient (Wildman–Crippen LogP) is 4.55. The van der Waals surface area contributed by atoms with E-state index in [9.17, 15) is 4.79 Å². The first-order valence-electron chi connectivity index (χ1n) is 7.20. The average Bonchev–Trinajstić information content (AvgIpc) is 2.61. The van der Waals surface area contributed by atoms with Crippen molar-refractivity contribution in [2.24, 2.45) is 0 Å². The van der Waals surface area contributed by atoms with Crippen molar-refractivity contribution in [2.75, 3.05) is 6.54 Å². The molecular weight excluding hydrogens is 302 g/mol. The number of amides is 1. The van der Waals surface area contributed by atoms with Crippen LogP contribution in [0.3, 0.4) is 0 Å². The molecule has 1 unspecified atom stereocenters. The van der Waals surface area contributed by atoms with E-state index in [1.54, 1.807) is 0 Å². The Morgan fingerprint density at radius 1 is 1.32 bits per heavy atom. The quantitative estimate of drug-likeness (QED) is 0.781. The molecule has 0 saturated carbocycles. The number of carbonyl (C=O) groups excluding carboxylic acids is 1. The summed E-state index contributed by atoms with van der Waals surface area (Å²) in [6.07, 6.45) is 5.83. The van der Waals surface area contributed by atoms with Gasteiger partial charge < -0.3 is 4.90 Å². The van der Waals surface area contributed by atoms with Crippen LogP contribution >= 0.6 is 15.9 Å². The van der Waals surface area contributed by atoms with E-state index in [0.29, 0.717) is 6.04 Å². The highest BCUT2D eigenvalue weighted by atomic mass is 79.9. The number of carbonyl (C=O) groups is 1. The van der Waals surface area contributed by atoms with Crippen molar-refractivity contribution in [1.82, 2.24) is 4.90 Å². The number of hydrogen-bond acceptors (Lipinski definition) is 1. The molecule has 2 rings (SSSR count). The lowest BCUT2D eigenvalue weighted by Gasteiger charge is -2.29. The molecule has 1 heterocycles. The standard InChI is InChI=1S/C16H22BrNO/c1-3-15-7-5-4-6-8-18(15)16(19)13-9-12(2)10-14(17)11-13/h9-11,15H,3-8H2,1-2H3. The van der Waals surface area contributed by atoms with Gasteiger partial charge in [-0.2, -0.15) is 0 Å². The maximum Gasteiger partial charge on any atom is 0.254 e. The fraction of sp³-hybridized carbons (Fsp3) is 0.562. The van der Waals surface area contributed by atoms with E-state index >= 15 is 0 Å². The highest BCUT2D eigenvalue weighted by molar-refractivity contribution is 9.10. The smallest absolute Gasteiger partial charge is 0.254 e. The summed E-state index contributed by atoms with van der Waals surface area (Å²) in [5.41, 5.74) is 1.94. The number of aryl methyl sites for hydroxylation is 1. The zero-order chi connectivity index (χ0) is 13.8. The van der Waals surface area contributed by atoms with Gasteiger partial charge in [0.2, 0.25) is 0 Å². The van der Waals surface area contributed by atoms with Crippen LogP contribution in [0.25, 0.3) is 0 Å². The van der Waals surface area contributed by atoms with Crippen molar-refractivity contribution in [3.63, 3.8) is 0 Å². The minimum absolute atomic E-state index is 0.193. The zero-order valence-electron chi connectivity index (χ0n) is 11.8. The number of likely N-dealkylation sites (tertiary alicyclic amines) is 1. The normalized spacial score (nSPS) is 20.2. The fourth-order valence-corrected chi connectivity index (χ4v) is 3.50. The van der Waals surface area contributed by atoms with E-state index in [2.05, 4.69) is 27.8 Å². The van der Waals surface area contributed by atoms with Crippen molar-refractivity contribution in [3.05, 3.63) is 33.8 Å². The third-order valence-electron chi connectivity index (χ3n) is 3.90. The number of nitrogens with zero attached hydrogens (tertiary/aromatic N) is 1. The van der Waals surface area contributed by atoms with Gasteiger partial charge in [-0.25, -0.2) is 0 Å². The van der Waals surface area contributed by atoms with Gasteiger partial charge in [0.1, 0.15) is 0 Å². The van der Waals surface area contributed by atoms with Crippen molar-refractivity contribution >= 4 is 21.8 Å². The van der Waals surface area contributed by atoms with Gasteiger partial charge in [-0.3, -0.25) is 4.79 Å². The van der Waals surface area contributed by atoms with E-state index in [4.69, 9.17) is 0 Å². The molecule has 1 aliphatic heterocycles. The second kappa shape index (κ2) is 6.56. The van der Waals surface area contributed by atoms with Crippen LogP contribution in [0.5, 0.6) is 0 Å². The molecule has 1 saturated heterocycles. The lowest BCUT2D eigenvalue weighted by molar-refractivity contribution is 0.0678. The van der Waals surface area contributed by atoms with E-state index in [0.717, 1.165) is 41.4 Å². The molecule has 2 nitrogen and oxygen atoms in total. The summed E-state index contributed by atoms with van der Waals surface area (Å²) in [6.45, 7) is 5.12. The van der Waals surface area contributed by atoms with Gasteiger partial charge in [0, 0.05) is 22.6 Å². The van der Waals surface area contributed by atoms with Gasteiger partial charge in [0.05, 0.1) is 0 Å². The molecule has 3 heteroatoms. The summed E-state index contributed by atoms with van der Waals surface area (Å²) >= 11 is 3.48. The Bertz CT molecular complexity index is 438. The van der Waals surface area contributed by atoms with Gasteiger partial charge in [-0.1, -0.05) is 35.7 Å². The molecule has 1 aromatic carbocycles. The van der Waals surface area contributed by atoms with Crippen LogP contribution in [-0.2, 0) is 0 Å². The van der Waals surface area contributed by atoms with E-state index in [1.165, 1.54) is 12.8 Å². The molecule has 0 aliphatic carbocycles. The number of halogens is 1. The highest BCUT2D eigenvalue weighted by Crippen LogP contribution is 2.23. The molecule has 1 aromatic rings. The van der Waals surface area contributed by atoms with Crippen molar-refractivity contribution < 1.29 is 4.79 Å². The summed E-state index contributed by atoms with van der Waals surface area (Å²) in [5, 5.41) is 0. The molecular formula is C16H22BrNO. The number of rotatable bonds is 2. The van der Waals surface area contributed by atoms with Crippen LogP contribution in [0.2, 0.25) is 0 Å². The van der Waals surface area contributed by atoms with Gasteiger partial charge in [0.15, 0.2) is 0 Å². The van der Waals surface area contributed by atoms with Crippen LogP contribution < -0.4 is 0 Å². The second-order valence-corrected chi connectivity index (χ2v) is 6.34. The van der Waals surface area contributed by atoms with Gasteiger partial charge in [0.25, 0.3) is 5.91 Å². The maximum absolute atomic E-state index is 12.7. The Balaban J connectivity index is 2.25. The average molecular weight is 324 g/mol. The van der Waals surface area contributed by atoms with Crippen LogP contribution in [0.4, 0.5) is 0 Å². The summed E-state index contributed by atoms with van der Waals surface area (Å²) in [7, 11) is 0. The van der Waals surface area contributed by atoms with E-state index in [-0.39, 0.29) is 5.91 Å². The Hall–Kier alpha value is -0.830. The first-order chi connectivity index (χ1) is 9.11. The molecule has 1 atom stereocenters. The Kier molecular flexibility index (Phi) is 5.03. The second-order valence-electron chi connectivity index (χ2n) is 5.43. The zero-order valence-corrected chi connectivity index (χ0v) is 13.4. The number of benzene rings is 1. The summed E-state index contributed by atoms with van der Waals surface area (Å²) in [4.78, 5) is 14.8. The van der Waals surface area contributed by atoms with Crippen molar-refractivity contribution in [2.45, 2.75) is 52.0 Å². The molecule has 1 amide bonds. The van der Waals surface area contributed by atoms with Gasteiger partial charge in [-0.15, -0.1) is 0 Å². The molecule has 1 aliphatic rings. The van der Waals surface area contributed by atoms with E-state index < -0.39 is 0 Å². The van der Waals surface area contributed by atoms with Crippen LogP contribution in [0.15, 0.2) is 22.7 Å². The first kappa shape index (κ1) is 14.6. The van der Waals surface area contributed by atoms with Gasteiger partial charge >= 0.3 is 0 Å². The van der Waals surface area contributed by atoms with E-state index in [1.807, 2.05) is 25.1 Å². The molecule has 0 aromatic heterocycles. The molecule has 1 fully saturated rings. The molecule has 0 spiro atoms. The monoisotopic (exact) mass is 323 g/mol. The summed E-state index contributed by atoms with van der Waals surface area (Å²) in [6, 6.07) is 6.38. The lowest BCUT2D eigenvalue weighted by Crippen LogP contribution is -2.39. The minimum atomic E-state index is 0.193. The Morgan fingerprint density at radius 2 is 2.11 bits per heavy atom. The highest BCUT2D eigenvalue weighted by Gasteiger charge is 2.25. The summed E-state index contributed by atoms with van der Waals surface area (Å²) in [5.74, 6) is 0.193. The van der Waals surface area contributed by atoms with Gasteiger partial charge in [-0.05, 0) is 49.9 Å². The topological polar surface area (TPSA) is 20.3 Å². The summed E-state index contributed by atoms with van der Waals surface area (Å²) < 4.78 is 0.985. The molecule has 104 valence electrons. The SMILES string of the molecule is CCC1CCCCCN1C(=O)c1cc(C)cc(Br)c1. The molecule has 0 bridgehead atoms.